The summed E-state index contributed by atoms with van der Waals surface area (Å²) >= 11 is 0. The van der Waals surface area contributed by atoms with E-state index >= 15 is 0 Å². The molecule has 0 saturated carbocycles. The second kappa shape index (κ2) is 4.84. The highest BCUT2D eigenvalue weighted by atomic mass is 16.3. The lowest BCUT2D eigenvalue weighted by Gasteiger charge is -2.00. The fraction of sp³-hybridized carbons (Fsp3) is 0.200. The SMILES string of the molecule is CC1C=CC=C(C2=CC=C(O)CC=C2)C=C1. The van der Waals surface area contributed by atoms with Crippen molar-refractivity contribution in [3.05, 3.63) is 71.6 Å². The summed E-state index contributed by atoms with van der Waals surface area (Å²) in [7, 11) is 0. The normalized spacial score (nSPS) is 24.3. The van der Waals surface area contributed by atoms with E-state index in [9.17, 15) is 5.11 Å². The average Bonchev–Trinajstić information content (AvgIpc) is 2.59. The van der Waals surface area contributed by atoms with Gasteiger partial charge in [-0.25, -0.2) is 0 Å². The molecule has 0 spiro atoms. The maximum Gasteiger partial charge on any atom is 0.0960 e. The van der Waals surface area contributed by atoms with Crippen LogP contribution in [0.5, 0.6) is 0 Å². The first-order valence-corrected chi connectivity index (χ1v) is 5.59. The van der Waals surface area contributed by atoms with E-state index in [0.29, 0.717) is 18.1 Å². The number of aliphatic hydroxyl groups is 1. The summed E-state index contributed by atoms with van der Waals surface area (Å²) in [4.78, 5) is 0. The van der Waals surface area contributed by atoms with Crippen LogP contribution < -0.4 is 0 Å². The van der Waals surface area contributed by atoms with Gasteiger partial charge < -0.3 is 5.11 Å². The number of hydrogen-bond donors (Lipinski definition) is 1. The molecule has 0 heterocycles. The van der Waals surface area contributed by atoms with Gasteiger partial charge in [0.2, 0.25) is 0 Å². The van der Waals surface area contributed by atoms with E-state index < -0.39 is 0 Å². The Balaban J connectivity index is 2.29. The van der Waals surface area contributed by atoms with Crippen LogP contribution >= 0.6 is 0 Å². The van der Waals surface area contributed by atoms with E-state index in [4.69, 9.17) is 0 Å². The molecule has 2 aliphatic carbocycles. The molecule has 16 heavy (non-hydrogen) atoms. The molecule has 2 aliphatic rings. The van der Waals surface area contributed by atoms with Crippen molar-refractivity contribution in [2.75, 3.05) is 0 Å². The van der Waals surface area contributed by atoms with E-state index in [1.165, 1.54) is 5.57 Å². The maximum absolute atomic E-state index is 9.42. The monoisotopic (exact) mass is 212 g/mol. The van der Waals surface area contributed by atoms with Gasteiger partial charge >= 0.3 is 0 Å². The van der Waals surface area contributed by atoms with Gasteiger partial charge in [0.15, 0.2) is 0 Å². The topological polar surface area (TPSA) is 20.2 Å². The van der Waals surface area contributed by atoms with Crippen LogP contribution in [0.2, 0.25) is 0 Å². The molecule has 0 aromatic rings. The predicted molar refractivity (Wildman–Crippen MR) is 68.1 cm³/mol. The van der Waals surface area contributed by atoms with Crippen LogP contribution in [0.3, 0.4) is 0 Å². The van der Waals surface area contributed by atoms with Gasteiger partial charge in [0, 0.05) is 6.42 Å². The van der Waals surface area contributed by atoms with Crippen molar-refractivity contribution < 1.29 is 5.11 Å². The zero-order chi connectivity index (χ0) is 11.4. The van der Waals surface area contributed by atoms with Crippen LogP contribution in [0.15, 0.2) is 71.6 Å². The molecule has 1 nitrogen and oxygen atoms in total. The molecule has 1 N–H and O–H groups in total. The van der Waals surface area contributed by atoms with Gasteiger partial charge in [-0.2, -0.15) is 0 Å². The zero-order valence-electron chi connectivity index (χ0n) is 9.43. The molecule has 82 valence electrons. The van der Waals surface area contributed by atoms with Crippen LogP contribution in [-0.2, 0) is 0 Å². The van der Waals surface area contributed by atoms with Crippen molar-refractivity contribution in [2.24, 2.45) is 5.92 Å². The van der Waals surface area contributed by atoms with Gasteiger partial charge in [-0.05, 0) is 23.1 Å². The minimum Gasteiger partial charge on any atom is -0.512 e. The van der Waals surface area contributed by atoms with Gasteiger partial charge in [-0.3, -0.25) is 0 Å². The number of aliphatic hydroxyl groups excluding tert-OH is 1. The summed E-state index contributed by atoms with van der Waals surface area (Å²) in [6.45, 7) is 2.16. The van der Waals surface area contributed by atoms with E-state index in [-0.39, 0.29) is 0 Å². The first kappa shape index (κ1) is 10.7. The van der Waals surface area contributed by atoms with Gasteiger partial charge in [0.1, 0.15) is 0 Å². The Morgan fingerprint density at radius 2 is 1.88 bits per heavy atom. The molecule has 0 aliphatic heterocycles. The molecule has 0 aromatic carbocycles. The van der Waals surface area contributed by atoms with Crippen molar-refractivity contribution in [1.82, 2.24) is 0 Å². The molecule has 2 rings (SSSR count). The summed E-state index contributed by atoms with van der Waals surface area (Å²) in [5.41, 5.74) is 2.32. The van der Waals surface area contributed by atoms with Gasteiger partial charge in [0.25, 0.3) is 0 Å². The Morgan fingerprint density at radius 1 is 1.06 bits per heavy atom. The fourth-order valence-corrected chi connectivity index (χ4v) is 1.71. The smallest absolute Gasteiger partial charge is 0.0960 e. The Labute approximate surface area is 96.5 Å². The van der Waals surface area contributed by atoms with Gasteiger partial charge in [-0.1, -0.05) is 55.5 Å². The lowest BCUT2D eigenvalue weighted by molar-refractivity contribution is 0.402. The van der Waals surface area contributed by atoms with Crippen LogP contribution in [-0.4, -0.2) is 5.11 Å². The molecular weight excluding hydrogens is 196 g/mol. The van der Waals surface area contributed by atoms with E-state index in [1.807, 2.05) is 12.2 Å². The first-order chi connectivity index (χ1) is 7.75. The Morgan fingerprint density at radius 3 is 2.75 bits per heavy atom. The maximum atomic E-state index is 9.42. The van der Waals surface area contributed by atoms with Crippen LogP contribution in [0.1, 0.15) is 13.3 Å². The molecule has 0 saturated heterocycles. The predicted octanol–water partition coefficient (Wildman–Crippen LogP) is 4.00. The van der Waals surface area contributed by atoms with Crippen molar-refractivity contribution in [1.29, 1.82) is 0 Å². The molecule has 0 aromatic heterocycles. The van der Waals surface area contributed by atoms with Crippen LogP contribution in [0.4, 0.5) is 0 Å². The Hall–Kier alpha value is -1.76. The number of allylic oxidation sites excluding steroid dienone is 11. The molecule has 1 unspecified atom stereocenters. The third-order valence-corrected chi connectivity index (χ3v) is 2.68. The van der Waals surface area contributed by atoms with E-state index in [0.717, 1.165) is 5.57 Å². The third-order valence-electron chi connectivity index (χ3n) is 2.68. The van der Waals surface area contributed by atoms with Gasteiger partial charge in [-0.15, -0.1) is 0 Å². The molecule has 0 fully saturated rings. The molecule has 1 heteroatoms. The summed E-state index contributed by atoms with van der Waals surface area (Å²) in [5, 5.41) is 9.42. The minimum absolute atomic E-state index is 0.411. The van der Waals surface area contributed by atoms with Crippen molar-refractivity contribution >= 4 is 0 Å². The first-order valence-electron chi connectivity index (χ1n) is 5.59. The fourth-order valence-electron chi connectivity index (χ4n) is 1.71. The Kier molecular flexibility index (Phi) is 3.25. The standard InChI is InChI=1S/C15H16O/c1-12-4-2-5-13(9-8-12)14-6-3-7-15(16)11-10-14/h2-6,8-12,16H,7H2,1H3. The van der Waals surface area contributed by atoms with E-state index in [2.05, 4.69) is 43.4 Å². The molecule has 0 amide bonds. The number of hydrogen-bond acceptors (Lipinski definition) is 1. The summed E-state index contributed by atoms with van der Waals surface area (Å²) in [5.74, 6) is 0.890. The summed E-state index contributed by atoms with van der Waals surface area (Å²) in [6.07, 6.45) is 19.0. The lowest BCUT2D eigenvalue weighted by atomic mass is 10.0. The van der Waals surface area contributed by atoms with Crippen molar-refractivity contribution in [2.45, 2.75) is 13.3 Å². The van der Waals surface area contributed by atoms with E-state index in [1.54, 1.807) is 6.08 Å². The zero-order valence-corrected chi connectivity index (χ0v) is 9.43. The van der Waals surface area contributed by atoms with Crippen molar-refractivity contribution in [3.8, 4) is 0 Å². The largest absolute Gasteiger partial charge is 0.512 e. The molecule has 0 radical (unpaired) electrons. The second-order valence-corrected chi connectivity index (χ2v) is 4.11. The quantitative estimate of drug-likeness (QED) is 0.696. The highest BCUT2D eigenvalue weighted by molar-refractivity contribution is 5.51. The average molecular weight is 212 g/mol. The van der Waals surface area contributed by atoms with Crippen LogP contribution in [0, 0.1) is 5.92 Å². The molecule has 1 atom stereocenters. The highest BCUT2D eigenvalue weighted by Crippen LogP contribution is 2.20. The van der Waals surface area contributed by atoms with Crippen LogP contribution in [0.25, 0.3) is 0 Å². The van der Waals surface area contributed by atoms with Gasteiger partial charge in [0.05, 0.1) is 5.76 Å². The summed E-state index contributed by atoms with van der Waals surface area (Å²) in [6, 6.07) is 0. The molecule has 0 bridgehead atoms. The molecular formula is C15H16O. The third kappa shape index (κ3) is 2.63. The summed E-state index contributed by atoms with van der Waals surface area (Å²) < 4.78 is 0. The minimum atomic E-state index is 0.411. The highest BCUT2D eigenvalue weighted by Gasteiger charge is 2.03. The number of rotatable bonds is 1. The second-order valence-electron chi connectivity index (χ2n) is 4.11. The lowest BCUT2D eigenvalue weighted by Crippen LogP contribution is -1.83. The Bertz CT molecular complexity index is 442. The van der Waals surface area contributed by atoms with Crippen molar-refractivity contribution in [3.63, 3.8) is 0 Å².